The van der Waals surface area contributed by atoms with E-state index in [0.717, 1.165) is 24.0 Å². The van der Waals surface area contributed by atoms with E-state index in [1.807, 2.05) is 9.80 Å². The Morgan fingerprint density at radius 1 is 0.764 bits per heavy atom. The van der Waals surface area contributed by atoms with Gasteiger partial charge in [-0.05, 0) is 95.6 Å². The van der Waals surface area contributed by atoms with Gasteiger partial charge >= 0.3 is 23.9 Å². The van der Waals surface area contributed by atoms with E-state index >= 15 is 0 Å². The van der Waals surface area contributed by atoms with Gasteiger partial charge in [-0.1, -0.05) is 24.3 Å². The number of methoxy groups -OCH3 is 2. The monoisotopic (exact) mass is 764 g/mol. The first-order valence-corrected chi connectivity index (χ1v) is 20.7. The van der Waals surface area contributed by atoms with E-state index in [1.54, 1.807) is 0 Å². The Bertz CT molecular complexity index is 1710. The lowest BCUT2D eigenvalue weighted by atomic mass is 9.59. The number of carbonyl (C=O) groups is 5. The molecule has 5 aliphatic carbocycles. The molecular weight excluding hydrogens is 708 g/mol. The molecule has 9 fully saturated rings. The van der Waals surface area contributed by atoms with Gasteiger partial charge in [0.2, 0.25) is 0 Å². The molecule has 0 aromatic carbocycles. The second-order valence-corrected chi connectivity index (χ2v) is 18.4. The summed E-state index contributed by atoms with van der Waals surface area (Å²) in [6.07, 6.45) is 4.63. The van der Waals surface area contributed by atoms with Crippen molar-refractivity contribution in [3.63, 3.8) is 0 Å². The van der Waals surface area contributed by atoms with E-state index in [0.29, 0.717) is 64.7 Å². The molecule has 0 aromatic heterocycles. The summed E-state index contributed by atoms with van der Waals surface area (Å²) in [5, 5.41) is 26.6. The minimum atomic E-state index is -1.89. The van der Waals surface area contributed by atoms with Crippen molar-refractivity contribution in [1.29, 1.82) is 0 Å². The fraction of sp³-hybridized carbons (Fsp3) is 0.786. The van der Waals surface area contributed by atoms with E-state index in [9.17, 15) is 34.2 Å². The molecule has 9 aliphatic rings. The minimum Gasteiger partial charge on any atom is -0.468 e. The topological polar surface area (TPSA) is 169 Å². The van der Waals surface area contributed by atoms with Crippen LogP contribution in [0.4, 0.5) is 0 Å². The molecule has 300 valence electrons. The lowest BCUT2D eigenvalue weighted by molar-refractivity contribution is -0.205. The smallest absolute Gasteiger partial charge is 0.323 e. The molecule has 0 aromatic rings. The van der Waals surface area contributed by atoms with Crippen molar-refractivity contribution in [1.82, 2.24) is 9.80 Å². The largest absolute Gasteiger partial charge is 0.468 e. The van der Waals surface area contributed by atoms with Gasteiger partial charge in [0.25, 0.3) is 0 Å². The van der Waals surface area contributed by atoms with Gasteiger partial charge in [-0.2, -0.15) is 0 Å². The van der Waals surface area contributed by atoms with Crippen LogP contribution >= 0.6 is 0 Å². The van der Waals surface area contributed by atoms with Crippen LogP contribution in [0.1, 0.15) is 77.0 Å². The molecule has 0 radical (unpaired) electrons. The van der Waals surface area contributed by atoms with Crippen LogP contribution in [0.2, 0.25) is 0 Å². The average molecular weight is 765 g/mol. The Labute approximate surface area is 322 Å². The molecule has 0 bridgehead atoms. The third-order valence-corrected chi connectivity index (χ3v) is 16.6. The molecule has 15 atom stereocenters. The lowest BCUT2D eigenvalue weighted by Gasteiger charge is -2.48. The molecule has 4 unspecified atom stereocenters. The zero-order chi connectivity index (χ0) is 38.8. The maximum absolute atomic E-state index is 14.8. The predicted molar refractivity (Wildman–Crippen MR) is 193 cm³/mol. The van der Waals surface area contributed by atoms with Gasteiger partial charge in [0, 0.05) is 43.2 Å². The molecule has 1 spiro atoms. The van der Waals surface area contributed by atoms with Gasteiger partial charge in [0.05, 0.1) is 31.5 Å². The number of nitrogens with zero attached hydrogens (tertiary/aromatic N) is 2. The number of allylic oxidation sites excluding steroid dienone is 2. The molecule has 13 nitrogen and oxygen atoms in total. The van der Waals surface area contributed by atoms with Crippen LogP contribution in [-0.4, -0.2) is 126 Å². The average Bonchev–Trinajstić information content (AvgIpc) is 4.01. The zero-order valence-electron chi connectivity index (χ0n) is 32.1. The first-order chi connectivity index (χ1) is 26.3. The highest BCUT2D eigenvalue weighted by atomic mass is 16.6. The number of aliphatic hydroxyl groups is 2. The summed E-state index contributed by atoms with van der Waals surface area (Å²) in [7, 11) is 2.75. The quantitative estimate of drug-likeness (QED) is 0.230. The van der Waals surface area contributed by atoms with Gasteiger partial charge in [0.15, 0.2) is 0 Å². The van der Waals surface area contributed by atoms with Crippen molar-refractivity contribution in [2.75, 3.05) is 40.4 Å². The summed E-state index contributed by atoms with van der Waals surface area (Å²) in [5.74, 6) is -5.04. The van der Waals surface area contributed by atoms with Crippen molar-refractivity contribution in [3.8, 4) is 0 Å². The molecule has 9 rings (SSSR count). The van der Waals surface area contributed by atoms with Gasteiger partial charge < -0.3 is 29.2 Å². The molecule has 4 aliphatic heterocycles. The second kappa shape index (κ2) is 13.2. The van der Waals surface area contributed by atoms with E-state index in [-0.39, 0.29) is 73.1 Å². The Morgan fingerprint density at radius 2 is 1.27 bits per heavy atom. The SMILES string of the molecule is C=C1CC[C@H]2C(CN3CCCC3C(=O)OC)C(=O)O[C@@H]2[C@@H]2[C@H]1C[C@@]1(O)[C@]2(O)CC[C@]12C(=O)C[C@H]1C(=C)CC[C@H]3C(CN4CCCC4C(=O)OC)C(=O)O[C@@H]3[C@H]12. The van der Waals surface area contributed by atoms with Crippen LogP contribution in [-0.2, 0) is 42.9 Å². The van der Waals surface area contributed by atoms with Gasteiger partial charge in [-0.15, -0.1) is 0 Å². The van der Waals surface area contributed by atoms with Gasteiger partial charge in [-0.25, -0.2) is 0 Å². The number of rotatable bonds is 6. The standard InChI is InChI=1S/C42H56N2O11/c1-21-9-11-23-27(19-43-15-5-7-29(43)38(48)52-3)36(46)54-34(23)32-25(21)17-31(45)40(32)13-14-41(50)33-26(18-42(40,41)51)22(2)10-12-24-28(37(47)55-35(24)33)20-44-16-6-8-30(44)39(49)53-4/h23-30,32-35,50-51H,1-2,5-20H2,3-4H3/t23-,24-,25-,26-,27?,28?,29?,30?,32-,33-,34-,35-,40+,41-,42-/m0/s1. The highest BCUT2D eigenvalue weighted by molar-refractivity contribution is 5.91. The maximum atomic E-state index is 14.8. The van der Waals surface area contributed by atoms with Crippen molar-refractivity contribution >= 4 is 29.7 Å². The number of ether oxygens (including phenoxy) is 4. The molecule has 55 heavy (non-hydrogen) atoms. The minimum absolute atomic E-state index is 0.0970. The molecule has 0 amide bonds. The van der Waals surface area contributed by atoms with Crippen LogP contribution in [0.15, 0.2) is 24.3 Å². The number of fused-ring (bicyclic) bond motifs is 10. The number of hydrogen-bond acceptors (Lipinski definition) is 13. The fourth-order valence-corrected chi connectivity index (χ4v) is 14.2. The summed E-state index contributed by atoms with van der Waals surface area (Å²) in [5.41, 5.74) is -3.30. The van der Waals surface area contributed by atoms with Crippen LogP contribution in [0.25, 0.3) is 0 Å². The lowest BCUT2D eigenvalue weighted by Crippen LogP contribution is -2.63. The Balaban J connectivity index is 1.04. The second-order valence-electron chi connectivity index (χ2n) is 18.4. The molecule has 13 heteroatoms. The summed E-state index contributed by atoms with van der Waals surface area (Å²) in [4.78, 5) is 71.8. The Hall–Kier alpha value is -3.13. The normalized spacial score (nSPS) is 47.8. The highest BCUT2D eigenvalue weighted by Crippen LogP contribution is 2.74. The van der Waals surface area contributed by atoms with Crippen LogP contribution in [0.5, 0.6) is 0 Å². The van der Waals surface area contributed by atoms with Crippen molar-refractivity contribution in [2.45, 2.75) is 113 Å². The van der Waals surface area contributed by atoms with Crippen molar-refractivity contribution in [2.24, 2.45) is 52.8 Å². The number of esters is 4. The third-order valence-electron chi connectivity index (χ3n) is 16.6. The van der Waals surface area contributed by atoms with Crippen molar-refractivity contribution in [3.05, 3.63) is 24.3 Å². The Kier molecular flexibility index (Phi) is 8.99. The Morgan fingerprint density at radius 3 is 1.80 bits per heavy atom. The maximum Gasteiger partial charge on any atom is 0.323 e. The zero-order valence-corrected chi connectivity index (χ0v) is 32.1. The first kappa shape index (κ1) is 37.4. The molecular formula is C42H56N2O11. The number of Topliss-reactive ketones (excluding diaryl/α,β-unsaturated/α-hetero) is 1. The van der Waals surface area contributed by atoms with Crippen LogP contribution < -0.4 is 0 Å². The summed E-state index contributed by atoms with van der Waals surface area (Å²) >= 11 is 0. The number of carbonyl (C=O) groups excluding carboxylic acids is 5. The summed E-state index contributed by atoms with van der Waals surface area (Å²) in [6, 6.07) is -0.846. The molecule has 4 saturated heterocycles. The first-order valence-electron chi connectivity index (χ1n) is 20.7. The fourth-order valence-electron chi connectivity index (χ4n) is 14.2. The van der Waals surface area contributed by atoms with E-state index in [4.69, 9.17) is 18.9 Å². The van der Waals surface area contributed by atoms with Gasteiger partial charge in [0.1, 0.15) is 41.3 Å². The highest BCUT2D eigenvalue weighted by Gasteiger charge is 2.83. The third kappa shape index (κ3) is 5.07. The van der Waals surface area contributed by atoms with E-state index in [1.165, 1.54) is 14.2 Å². The molecule has 2 N–H and O–H groups in total. The van der Waals surface area contributed by atoms with Crippen LogP contribution in [0, 0.1) is 52.8 Å². The van der Waals surface area contributed by atoms with Gasteiger partial charge in [-0.3, -0.25) is 33.8 Å². The van der Waals surface area contributed by atoms with E-state index in [2.05, 4.69) is 13.2 Å². The summed E-state index contributed by atoms with van der Waals surface area (Å²) < 4.78 is 22.8. The molecule has 4 heterocycles. The van der Waals surface area contributed by atoms with E-state index < -0.39 is 70.5 Å². The predicted octanol–water partition coefficient (Wildman–Crippen LogP) is 2.36. The number of ketones is 1. The van der Waals surface area contributed by atoms with Crippen LogP contribution in [0.3, 0.4) is 0 Å². The number of likely N-dealkylation sites (tertiary alicyclic amines) is 2. The number of hydrogen-bond donors (Lipinski definition) is 2. The summed E-state index contributed by atoms with van der Waals surface area (Å²) in [6.45, 7) is 11.0. The van der Waals surface area contributed by atoms with Crippen molar-refractivity contribution < 1.29 is 53.1 Å². The molecule has 5 saturated carbocycles.